The van der Waals surface area contributed by atoms with Gasteiger partial charge in [0.1, 0.15) is 6.54 Å². The van der Waals surface area contributed by atoms with E-state index in [1.54, 1.807) is 11.9 Å². The first-order valence-electron chi connectivity index (χ1n) is 10.7. The summed E-state index contributed by atoms with van der Waals surface area (Å²) in [6.07, 6.45) is 3.29. The molecular formula is C24H28N4O2S. The largest absolute Gasteiger partial charge is 0.338 e. The molecule has 1 aliphatic rings. The number of hydrogen-bond acceptors (Lipinski definition) is 4. The number of nitrogens with zero attached hydrogens (tertiary/aromatic N) is 4. The maximum Gasteiger partial charge on any atom is 0.242 e. The van der Waals surface area contributed by atoms with Gasteiger partial charge in [0.05, 0.1) is 16.8 Å². The highest BCUT2D eigenvalue weighted by atomic mass is 32.2. The minimum Gasteiger partial charge on any atom is -0.338 e. The van der Waals surface area contributed by atoms with Crippen molar-refractivity contribution < 1.29 is 9.59 Å². The molecule has 0 saturated carbocycles. The average Bonchev–Trinajstić information content (AvgIpc) is 3.15. The third-order valence-corrected chi connectivity index (χ3v) is 6.84. The second-order valence-electron chi connectivity index (χ2n) is 7.98. The Kier molecular flexibility index (Phi) is 6.61. The van der Waals surface area contributed by atoms with Crippen LogP contribution in [0.2, 0.25) is 0 Å². The Bertz CT molecular complexity index is 1070. The number of amides is 2. The molecule has 0 radical (unpaired) electrons. The number of hydrogen-bond donors (Lipinski definition) is 0. The average molecular weight is 437 g/mol. The van der Waals surface area contributed by atoms with E-state index in [1.807, 2.05) is 64.1 Å². The van der Waals surface area contributed by atoms with E-state index >= 15 is 0 Å². The number of carbonyl (C=O) groups excluding carboxylic acids is 2. The summed E-state index contributed by atoms with van der Waals surface area (Å²) >= 11 is 1.38. The summed E-state index contributed by atoms with van der Waals surface area (Å²) in [6, 6.07) is 17.7. The number of piperidine rings is 1. The molecule has 0 N–H and O–H groups in total. The number of anilines is 1. The monoisotopic (exact) mass is 436 g/mol. The maximum absolute atomic E-state index is 13.1. The van der Waals surface area contributed by atoms with Crippen LogP contribution in [0.4, 0.5) is 5.69 Å². The summed E-state index contributed by atoms with van der Waals surface area (Å²) in [5, 5.41) is 0.703. The summed E-state index contributed by atoms with van der Waals surface area (Å²) in [7, 11) is 1.78. The molecular weight excluding hydrogens is 408 g/mol. The molecule has 1 saturated heterocycles. The second-order valence-corrected chi connectivity index (χ2v) is 8.92. The van der Waals surface area contributed by atoms with E-state index in [0.717, 1.165) is 36.1 Å². The Morgan fingerprint density at radius 1 is 1.10 bits per heavy atom. The van der Waals surface area contributed by atoms with Crippen LogP contribution in [0.3, 0.4) is 0 Å². The van der Waals surface area contributed by atoms with Gasteiger partial charge in [0.15, 0.2) is 5.16 Å². The van der Waals surface area contributed by atoms with E-state index < -0.39 is 0 Å². The van der Waals surface area contributed by atoms with E-state index in [0.29, 0.717) is 5.16 Å². The van der Waals surface area contributed by atoms with Crippen LogP contribution in [0.1, 0.15) is 26.2 Å². The Hall–Kier alpha value is -2.80. The highest BCUT2D eigenvalue weighted by Crippen LogP contribution is 2.26. The fourth-order valence-corrected chi connectivity index (χ4v) is 4.96. The minimum atomic E-state index is -0.00853. The van der Waals surface area contributed by atoms with E-state index in [-0.39, 0.29) is 30.2 Å². The van der Waals surface area contributed by atoms with E-state index in [4.69, 9.17) is 4.98 Å². The Balaban J connectivity index is 1.52. The lowest BCUT2D eigenvalue weighted by Gasteiger charge is -2.33. The maximum atomic E-state index is 13.1. The van der Waals surface area contributed by atoms with E-state index in [9.17, 15) is 9.59 Å². The van der Waals surface area contributed by atoms with Crippen LogP contribution >= 0.6 is 11.8 Å². The van der Waals surface area contributed by atoms with Crippen molar-refractivity contribution >= 4 is 40.3 Å². The lowest BCUT2D eigenvalue weighted by atomic mass is 10.0. The minimum absolute atomic E-state index is 0.00853. The van der Waals surface area contributed by atoms with Crippen LogP contribution in [0.15, 0.2) is 59.8 Å². The van der Waals surface area contributed by atoms with E-state index in [1.165, 1.54) is 18.2 Å². The number of likely N-dealkylation sites (tertiary alicyclic amines) is 1. The van der Waals surface area contributed by atoms with Gasteiger partial charge in [0.2, 0.25) is 11.8 Å². The normalized spacial score (nSPS) is 16.5. The molecule has 0 spiro atoms. The van der Waals surface area contributed by atoms with Gasteiger partial charge in [0.25, 0.3) is 0 Å². The fraction of sp³-hybridized carbons (Fsp3) is 0.375. The molecule has 2 heterocycles. The lowest BCUT2D eigenvalue weighted by Crippen LogP contribution is -2.43. The molecule has 0 aliphatic carbocycles. The van der Waals surface area contributed by atoms with Crippen molar-refractivity contribution in [2.24, 2.45) is 0 Å². The smallest absolute Gasteiger partial charge is 0.242 e. The number of aromatic nitrogens is 2. The van der Waals surface area contributed by atoms with Crippen molar-refractivity contribution in [2.45, 2.75) is 43.9 Å². The van der Waals surface area contributed by atoms with Crippen molar-refractivity contribution in [3.8, 4) is 0 Å². The fourth-order valence-electron chi connectivity index (χ4n) is 4.03. The summed E-state index contributed by atoms with van der Waals surface area (Å²) in [5.74, 6) is 0.360. The molecule has 162 valence electrons. The zero-order valence-corrected chi connectivity index (χ0v) is 18.8. The molecule has 6 nitrogen and oxygen atoms in total. The Labute approximate surface area is 187 Å². The zero-order chi connectivity index (χ0) is 21.8. The van der Waals surface area contributed by atoms with Gasteiger partial charge in [-0.2, -0.15) is 0 Å². The summed E-state index contributed by atoms with van der Waals surface area (Å²) < 4.78 is 1.96. The van der Waals surface area contributed by atoms with Crippen LogP contribution in [0, 0.1) is 0 Å². The Morgan fingerprint density at radius 3 is 2.61 bits per heavy atom. The number of rotatable bonds is 6. The molecule has 31 heavy (non-hydrogen) atoms. The van der Waals surface area contributed by atoms with Crippen LogP contribution in [0.5, 0.6) is 0 Å². The number of benzene rings is 2. The zero-order valence-electron chi connectivity index (χ0n) is 18.0. The molecule has 1 aromatic heterocycles. The van der Waals surface area contributed by atoms with Crippen LogP contribution in [0.25, 0.3) is 11.0 Å². The van der Waals surface area contributed by atoms with Gasteiger partial charge in [-0.05, 0) is 50.5 Å². The molecule has 1 aliphatic heterocycles. The highest BCUT2D eigenvalue weighted by Gasteiger charge is 2.25. The number of fused-ring (bicyclic) bond motifs is 1. The van der Waals surface area contributed by atoms with Gasteiger partial charge >= 0.3 is 0 Å². The van der Waals surface area contributed by atoms with Crippen LogP contribution < -0.4 is 4.90 Å². The number of para-hydroxylation sites is 3. The van der Waals surface area contributed by atoms with Crippen molar-refractivity contribution in [1.82, 2.24) is 14.5 Å². The van der Waals surface area contributed by atoms with Crippen molar-refractivity contribution in [3.63, 3.8) is 0 Å². The molecule has 2 aromatic carbocycles. The van der Waals surface area contributed by atoms with Crippen molar-refractivity contribution in [3.05, 3.63) is 54.6 Å². The number of imidazole rings is 1. The summed E-state index contributed by atoms with van der Waals surface area (Å²) in [4.78, 5) is 34.2. The molecule has 7 heteroatoms. The van der Waals surface area contributed by atoms with Gasteiger partial charge < -0.3 is 14.4 Å². The Morgan fingerprint density at radius 2 is 1.84 bits per heavy atom. The summed E-state index contributed by atoms with van der Waals surface area (Å²) in [5.41, 5.74) is 2.62. The quantitative estimate of drug-likeness (QED) is 0.544. The molecule has 1 atom stereocenters. The van der Waals surface area contributed by atoms with Crippen LogP contribution in [-0.2, 0) is 16.1 Å². The first-order valence-corrected chi connectivity index (χ1v) is 11.7. The summed E-state index contributed by atoms with van der Waals surface area (Å²) in [6.45, 7) is 3.18. The molecule has 3 aromatic rings. The third-order valence-electron chi connectivity index (χ3n) is 5.88. The number of carbonyl (C=O) groups is 2. The third kappa shape index (κ3) is 4.77. The standard InChI is InChI=1S/C24H28N4O2S/c1-18-10-8-9-15-27(18)22(29)16-28-21-14-7-6-13-20(21)25-24(28)31-17-23(30)26(2)19-11-4-3-5-12-19/h3-7,11-14,18H,8-10,15-17H2,1-2H3/t18-/m1/s1. The second kappa shape index (κ2) is 9.56. The molecule has 0 unspecified atom stereocenters. The first kappa shape index (κ1) is 21.4. The van der Waals surface area contributed by atoms with Gasteiger partial charge in [-0.3, -0.25) is 9.59 Å². The molecule has 2 amide bonds. The highest BCUT2D eigenvalue weighted by molar-refractivity contribution is 7.99. The predicted molar refractivity (Wildman–Crippen MR) is 125 cm³/mol. The van der Waals surface area contributed by atoms with E-state index in [2.05, 4.69) is 6.92 Å². The molecule has 0 bridgehead atoms. The SMILES string of the molecule is C[C@@H]1CCCCN1C(=O)Cn1c(SCC(=O)N(C)c2ccccc2)nc2ccccc21. The predicted octanol–water partition coefficient (Wildman–Crippen LogP) is 4.19. The van der Waals surface area contributed by atoms with Gasteiger partial charge in [-0.15, -0.1) is 0 Å². The lowest BCUT2D eigenvalue weighted by molar-refractivity contribution is -0.135. The first-order chi connectivity index (χ1) is 15.0. The molecule has 4 rings (SSSR count). The number of thioether (sulfide) groups is 1. The van der Waals surface area contributed by atoms with Gasteiger partial charge in [0, 0.05) is 25.3 Å². The van der Waals surface area contributed by atoms with Gasteiger partial charge in [-0.25, -0.2) is 4.98 Å². The van der Waals surface area contributed by atoms with Crippen molar-refractivity contribution in [1.29, 1.82) is 0 Å². The van der Waals surface area contributed by atoms with Crippen LogP contribution in [-0.4, -0.2) is 51.7 Å². The molecule has 1 fully saturated rings. The topological polar surface area (TPSA) is 58.4 Å². The van der Waals surface area contributed by atoms with Crippen molar-refractivity contribution in [2.75, 3.05) is 24.2 Å². The van der Waals surface area contributed by atoms with Gasteiger partial charge in [-0.1, -0.05) is 42.1 Å².